The normalized spacial score (nSPS) is 17.7. The van der Waals surface area contributed by atoms with Crippen LogP contribution in [-0.4, -0.2) is 58.6 Å². The molecule has 0 unspecified atom stereocenters. The number of rotatable bonds is 9. The van der Waals surface area contributed by atoms with Crippen molar-refractivity contribution in [3.05, 3.63) is 35.9 Å². The van der Waals surface area contributed by atoms with E-state index in [0.29, 0.717) is 25.8 Å². The van der Waals surface area contributed by atoms with Crippen LogP contribution in [0.3, 0.4) is 0 Å². The van der Waals surface area contributed by atoms with Crippen LogP contribution in [0, 0.1) is 5.92 Å². The summed E-state index contributed by atoms with van der Waals surface area (Å²) in [5.74, 6) is -2.08. The summed E-state index contributed by atoms with van der Waals surface area (Å²) in [6.07, 6.45) is 0.879. The lowest BCUT2D eigenvalue weighted by atomic mass is 10.0. The van der Waals surface area contributed by atoms with Crippen molar-refractivity contribution in [3.63, 3.8) is 0 Å². The highest BCUT2D eigenvalue weighted by atomic mass is 16.6. The number of hydrogen-bond acceptors (Lipinski definition) is 5. The summed E-state index contributed by atoms with van der Waals surface area (Å²) in [7, 11) is 0. The summed E-state index contributed by atoms with van der Waals surface area (Å²) in [4.78, 5) is 50.4. The van der Waals surface area contributed by atoms with E-state index in [1.807, 2.05) is 44.2 Å². The number of carbonyl (C=O) groups excluding carboxylic acids is 3. The molecule has 1 aromatic carbocycles. The number of amides is 3. The van der Waals surface area contributed by atoms with Gasteiger partial charge in [-0.25, -0.2) is 4.79 Å². The minimum Gasteiger partial charge on any atom is -0.480 e. The Hall–Kier alpha value is -3.10. The molecule has 3 N–H and O–H groups in total. The van der Waals surface area contributed by atoms with Crippen molar-refractivity contribution in [2.45, 2.75) is 64.8 Å². The molecule has 9 nitrogen and oxygen atoms in total. The van der Waals surface area contributed by atoms with Gasteiger partial charge in [0.05, 0.1) is 0 Å². The van der Waals surface area contributed by atoms with Gasteiger partial charge in [-0.2, -0.15) is 0 Å². The second-order valence-corrected chi connectivity index (χ2v) is 8.15. The van der Waals surface area contributed by atoms with Gasteiger partial charge in [0.2, 0.25) is 11.8 Å². The molecule has 1 aromatic rings. The van der Waals surface area contributed by atoms with Crippen LogP contribution in [0.1, 0.15) is 45.6 Å². The van der Waals surface area contributed by atoms with Crippen molar-refractivity contribution in [1.29, 1.82) is 0 Å². The first-order chi connectivity index (χ1) is 14.7. The topological polar surface area (TPSA) is 125 Å². The average Bonchev–Trinajstić information content (AvgIpc) is 3.22. The van der Waals surface area contributed by atoms with Gasteiger partial charge in [0.1, 0.15) is 24.7 Å². The molecule has 0 aliphatic carbocycles. The van der Waals surface area contributed by atoms with Crippen molar-refractivity contribution < 1.29 is 29.0 Å². The first-order valence-electron chi connectivity index (χ1n) is 10.5. The minimum absolute atomic E-state index is 0.0895. The third-order valence-electron chi connectivity index (χ3n) is 5.06. The first-order valence-corrected chi connectivity index (χ1v) is 10.5. The molecule has 1 heterocycles. The molecule has 9 heteroatoms. The Morgan fingerprint density at radius 3 is 2.42 bits per heavy atom. The highest BCUT2D eigenvalue weighted by molar-refractivity contribution is 5.93. The van der Waals surface area contributed by atoms with Crippen molar-refractivity contribution in [3.8, 4) is 0 Å². The molecule has 1 fully saturated rings. The first kappa shape index (κ1) is 24.2. The molecule has 170 valence electrons. The van der Waals surface area contributed by atoms with E-state index in [2.05, 4.69) is 10.6 Å². The number of ether oxygens (including phenoxy) is 1. The van der Waals surface area contributed by atoms with Gasteiger partial charge in [-0.15, -0.1) is 0 Å². The van der Waals surface area contributed by atoms with Crippen LogP contribution in [-0.2, 0) is 25.7 Å². The molecule has 1 aliphatic heterocycles. The van der Waals surface area contributed by atoms with E-state index in [-0.39, 0.29) is 12.5 Å². The van der Waals surface area contributed by atoms with E-state index in [4.69, 9.17) is 9.84 Å². The largest absolute Gasteiger partial charge is 0.480 e. The number of hydrogen-bond donors (Lipinski definition) is 3. The van der Waals surface area contributed by atoms with Gasteiger partial charge in [-0.3, -0.25) is 19.3 Å². The van der Waals surface area contributed by atoms with Gasteiger partial charge in [0.25, 0.3) is 0 Å². The zero-order valence-corrected chi connectivity index (χ0v) is 18.2. The van der Waals surface area contributed by atoms with Crippen molar-refractivity contribution in [2.24, 2.45) is 5.92 Å². The Kier molecular flexibility index (Phi) is 8.84. The molecule has 0 bridgehead atoms. The van der Waals surface area contributed by atoms with E-state index in [1.165, 1.54) is 11.8 Å². The summed E-state index contributed by atoms with van der Waals surface area (Å²) in [6, 6.07) is 6.55. The second kappa shape index (κ2) is 11.3. The van der Waals surface area contributed by atoms with Crippen molar-refractivity contribution >= 4 is 23.9 Å². The van der Waals surface area contributed by atoms with Gasteiger partial charge in [0.15, 0.2) is 0 Å². The third-order valence-corrected chi connectivity index (χ3v) is 5.06. The lowest BCUT2D eigenvalue weighted by molar-refractivity contribution is -0.141. The second-order valence-electron chi connectivity index (χ2n) is 8.15. The summed E-state index contributed by atoms with van der Waals surface area (Å²) in [5.41, 5.74) is 0.845. The van der Waals surface area contributed by atoms with E-state index >= 15 is 0 Å². The van der Waals surface area contributed by atoms with Crippen LogP contribution in [0.2, 0.25) is 0 Å². The van der Waals surface area contributed by atoms with E-state index in [1.54, 1.807) is 0 Å². The Bertz CT molecular complexity index is 783. The summed E-state index contributed by atoms with van der Waals surface area (Å²) >= 11 is 0. The molecule has 0 aromatic heterocycles. The Balaban J connectivity index is 1.99. The van der Waals surface area contributed by atoms with Gasteiger partial charge in [-0.05, 0) is 37.7 Å². The lowest BCUT2D eigenvalue weighted by Crippen LogP contribution is -2.55. The Morgan fingerprint density at radius 2 is 1.81 bits per heavy atom. The highest BCUT2D eigenvalue weighted by Crippen LogP contribution is 2.20. The average molecular weight is 434 g/mol. The lowest BCUT2D eigenvalue weighted by Gasteiger charge is -2.27. The number of carbonyl (C=O) groups is 4. The van der Waals surface area contributed by atoms with E-state index in [9.17, 15) is 19.2 Å². The SMILES string of the molecule is CC(C)C[C@@H](NC(=O)[C@@H]1CCCN1C(=O)OCc1ccccc1)C(=O)N[C@H](C)C(=O)O. The van der Waals surface area contributed by atoms with Crippen LogP contribution in [0.25, 0.3) is 0 Å². The number of carboxylic acid groups (broad SMARTS) is 1. The van der Waals surface area contributed by atoms with Crippen LogP contribution in [0.15, 0.2) is 30.3 Å². The Morgan fingerprint density at radius 1 is 1.13 bits per heavy atom. The van der Waals surface area contributed by atoms with Crippen molar-refractivity contribution in [1.82, 2.24) is 15.5 Å². The predicted octanol–water partition coefficient (Wildman–Crippen LogP) is 1.91. The number of benzene rings is 1. The summed E-state index contributed by atoms with van der Waals surface area (Å²) in [6.45, 7) is 5.65. The maximum atomic E-state index is 12.9. The number of carboxylic acids is 1. The molecule has 0 radical (unpaired) electrons. The summed E-state index contributed by atoms with van der Waals surface area (Å²) < 4.78 is 5.35. The third kappa shape index (κ3) is 7.27. The fourth-order valence-corrected chi connectivity index (χ4v) is 3.41. The maximum absolute atomic E-state index is 12.9. The van der Waals surface area contributed by atoms with Crippen LogP contribution >= 0.6 is 0 Å². The molecular formula is C22H31N3O6. The molecule has 3 amide bonds. The van der Waals surface area contributed by atoms with Gasteiger partial charge >= 0.3 is 12.1 Å². The van der Waals surface area contributed by atoms with Gasteiger partial charge in [0, 0.05) is 6.54 Å². The molecular weight excluding hydrogens is 402 g/mol. The predicted molar refractivity (Wildman–Crippen MR) is 113 cm³/mol. The molecule has 3 atom stereocenters. The van der Waals surface area contributed by atoms with Crippen LogP contribution in [0.5, 0.6) is 0 Å². The molecule has 2 rings (SSSR count). The minimum atomic E-state index is -1.16. The van der Waals surface area contributed by atoms with E-state index in [0.717, 1.165) is 5.56 Å². The van der Waals surface area contributed by atoms with Gasteiger partial charge in [-0.1, -0.05) is 44.2 Å². The fourth-order valence-electron chi connectivity index (χ4n) is 3.41. The number of aliphatic carboxylic acids is 1. The monoisotopic (exact) mass is 433 g/mol. The van der Waals surface area contributed by atoms with E-state index < -0.39 is 42.0 Å². The molecule has 0 spiro atoms. The zero-order chi connectivity index (χ0) is 23.0. The molecule has 31 heavy (non-hydrogen) atoms. The molecule has 0 saturated carbocycles. The maximum Gasteiger partial charge on any atom is 0.410 e. The molecule has 1 saturated heterocycles. The standard InChI is InChI=1S/C22H31N3O6/c1-14(2)12-17(19(26)23-15(3)21(28)29)24-20(27)18-10-7-11-25(18)22(30)31-13-16-8-5-4-6-9-16/h4-6,8-9,14-15,17-18H,7,10-13H2,1-3H3,(H,23,26)(H,24,27)(H,28,29)/t15-,17-,18+/m1/s1. The zero-order valence-electron chi connectivity index (χ0n) is 18.2. The number of nitrogens with zero attached hydrogens (tertiary/aromatic N) is 1. The van der Waals surface area contributed by atoms with Crippen LogP contribution in [0.4, 0.5) is 4.79 Å². The van der Waals surface area contributed by atoms with Crippen molar-refractivity contribution in [2.75, 3.05) is 6.54 Å². The highest BCUT2D eigenvalue weighted by Gasteiger charge is 2.37. The number of likely N-dealkylation sites (tertiary alicyclic amines) is 1. The summed E-state index contributed by atoms with van der Waals surface area (Å²) in [5, 5.41) is 14.1. The van der Waals surface area contributed by atoms with Gasteiger partial charge < -0.3 is 20.5 Å². The Labute approximate surface area is 182 Å². The van der Waals surface area contributed by atoms with Crippen LogP contribution < -0.4 is 10.6 Å². The number of nitrogens with one attached hydrogen (secondary N) is 2. The smallest absolute Gasteiger partial charge is 0.410 e. The quantitative estimate of drug-likeness (QED) is 0.546. The fraction of sp³-hybridized carbons (Fsp3) is 0.545. The molecule has 1 aliphatic rings.